The van der Waals surface area contributed by atoms with Crippen molar-refractivity contribution in [1.82, 2.24) is 19.4 Å². The molecule has 0 unspecified atom stereocenters. The maximum absolute atomic E-state index is 11.7. The summed E-state index contributed by atoms with van der Waals surface area (Å²) in [5.41, 5.74) is 1.14. The van der Waals surface area contributed by atoms with E-state index in [1.54, 1.807) is 24.3 Å². The third-order valence-corrected chi connectivity index (χ3v) is 3.35. The van der Waals surface area contributed by atoms with Gasteiger partial charge in [-0.15, -0.1) is 5.10 Å². The molecule has 0 spiro atoms. The molecule has 0 radical (unpaired) electrons. The summed E-state index contributed by atoms with van der Waals surface area (Å²) in [6, 6.07) is 8.32. The van der Waals surface area contributed by atoms with Gasteiger partial charge in [-0.05, 0) is 35.9 Å². The number of benzene rings is 1. The van der Waals surface area contributed by atoms with Gasteiger partial charge in [0, 0.05) is 23.6 Å². The Balaban J connectivity index is 2.29. The predicted octanol–water partition coefficient (Wildman–Crippen LogP) is 2.89. The van der Waals surface area contributed by atoms with E-state index in [9.17, 15) is 9.59 Å². The molecule has 21 heavy (non-hydrogen) atoms. The van der Waals surface area contributed by atoms with Crippen molar-refractivity contribution in [1.29, 1.82) is 0 Å². The smallest absolute Gasteiger partial charge is 0.272 e. The maximum atomic E-state index is 11.7. The van der Waals surface area contributed by atoms with Crippen LogP contribution in [0.4, 0.5) is 0 Å². The average molecular weight is 323 g/mol. The minimum absolute atomic E-state index is 0.0549. The lowest BCUT2D eigenvalue weighted by molar-refractivity contribution is 0.0926. The zero-order valence-corrected chi connectivity index (χ0v) is 12.3. The summed E-state index contributed by atoms with van der Waals surface area (Å²) < 4.78 is 2.57. The van der Waals surface area contributed by atoms with Crippen LogP contribution in [0.15, 0.2) is 30.3 Å². The summed E-state index contributed by atoms with van der Waals surface area (Å²) in [7, 11) is 0. The van der Waals surface area contributed by atoms with E-state index in [0.717, 1.165) is 0 Å². The lowest BCUT2D eigenvalue weighted by atomic mass is 10.2. The van der Waals surface area contributed by atoms with Gasteiger partial charge in [0.25, 0.3) is 5.24 Å². The number of rotatable bonds is 2. The second-order valence-corrected chi connectivity index (χ2v) is 5.11. The number of hydrogen-bond acceptors (Lipinski definition) is 4. The Morgan fingerprint density at radius 2 is 1.81 bits per heavy atom. The SMILES string of the molecule is CC(=O)n1nc(-c2ccc(Cl)cc2)n2nc(C(=O)Cl)cc12. The third-order valence-electron chi connectivity index (χ3n) is 2.90. The van der Waals surface area contributed by atoms with Crippen molar-refractivity contribution in [2.24, 2.45) is 0 Å². The predicted molar refractivity (Wildman–Crippen MR) is 77.9 cm³/mol. The molecule has 6 nitrogen and oxygen atoms in total. The Morgan fingerprint density at radius 3 is 2.38 bits per heavy atom. The van der Waals surface area contributed by atoms with Gasteiger partial charge in [-0.3, -0.25) is 9.59 Å². The number of aromatic nitrogens is 4. The van der Waals surface area contributed by atoms with E-state index >= 15 is 0 Å². The highest BCUT2D eigenvalue weighted by atomic mass is 35.5. The van der Waals surface area contributed by atoms with Crippen LogP contribution >= 0.6 is 23.2 Å². The van der Waals surface area contributed by atoms with Crippen molar-refractivity contribution in [3.8, 4) is 11.4 Å². The van der Waals surface area contributed by atoms with Gasteiger partial charge in [0.05, 0.1) is 0 Å². The summed E-state index contributed by atoms with van der Waals surface area (Å²) >= 11 is 11.3. The average Bonchev–Trinajstić information content (AvgIpc) is 2.98. The molecule has 8 heteroatoms. The Hall–Kier alpha value is -2.18. The number of carbonyl (C=O) groups excluding carboxylic acids is 2. The molecule has 0 fully saturated rings. The second-order valence-electron chi connectivity index (χ2n) is 4.33. The van der Waals surface area contributed by atoms with Gasteiger partial charge in [-0.25, -0.2) is 0 Å². The monoisotopic (exact) mass is 322 g/mol. The number of fused-ring (bicyclic) bond motifs is 1. The van der Waals surface area contributed by atoms with E-state index in [2.05, 4.69) is 10.2 Å². The van der Waals surface area contributed by atoms with E-state index in [0.29, 0.717) is 22.1 Å². The standard InChI is InChI=1S/C13H8Cl2N4O2/c1-7(20)18-11-6-10(12(15)21)16-19(11)13(17-18)8-2-4-9(14)5-3-8/h2-6H,1H3. The third kappa shape index (κ3) is 2.32. The fourth-order valence-corrected chi connectivity index (χ4v) is 2.19. The Labute approximate surface area is 128 Å². The molecule has 3 rings (SSSR count). The van der Waals surface area contributed by atoms with Gasteiger partial charge < -0.3 is 0 Å². The van der Waals surface area contributed by atoms with E-state index in [1.807, 2.05) is 0 Å². The number of nitrogens with zero attached hydrogens (tertiary/aromatic N) is 4. The number of halogens is 2. The van der Waals surface area contributed by atoms with Gasteiger partial charge in [-0.1, -0.05) is 11.6 Å². The first-order chi connectivity index (χ1) is 9.97. The summed E-state index contributed by atoms with van der Waals surface area (Å²) in [6.45, 7) is 1.37. The van der Waals surface area contributed by atoms with E-state index in [1.165, 1.54) is 22.2 Å². The number of hydrogen-bond donors (Lipinski definition) is 0. The van der Waals surface area contributed by atoms with E-state index in [-0.39, 0.29) is 11.6 Å². The molecule has 1 aromatic carbocycles. The van der Waals surface area contributed by atoms with Crippen molar-refractivity contribution < 1.29 is 9.59 Å². The first-order valence-electron chi connectivity index (χ1n) is 5.93. The van der Waals surface area contributed by atoms with E-state index < -0.39 is 5.24 Å². The zero-order valence-electron chi connectivity index (χ0n) is 10.7. The van der Waals surface area contributed by atoms with Gasteiger partial charge in [0.15, 0.2) is 11.5 Å². The van der Waals surface area contributed by atoms with Crippen molar-refractivity contribution in [3.63, 3.8) is 0 Å². The first-order valence-corrected chi connectivity index (χ1v) is 6.68. The molecule has 2 heterocycles. The molecule has 0 atom stereocenters. The Morgan fingerprint density at radius 1 is 1.14 bits per heavy atom. The van der Waals surface area contributed by atoms with Gasteiger partial charge in [0.2, 0.25) is 5.91 Å². The van der Waals surface area contributed by atoms with Crippen LogP contribution in [0.25, 0.3) is 17.0 Å². The minimum Gasteiger partial charge on any atom is -0.274 e. The normalized spacial score (nSPS) is 11.0. The van der Waals surface area contributed by atoms with Crippen molar-refractivity contribution in [3.05, 3.63) is 41.0 Å². The zero-order chi connectivity index (χ0) is 15.1. The molecule has 106 valence electrons. The molecule has 0 saturated heterocycles. The minimum atomic E-state index is -0.698. The van der Waals surface area contributed by atoms with Crippen molar-refractivity contribution in [2.45, 2.75) is 6.92 Å². The van der Waals surface area contributed by atoms with Crippen LogP contribution in [0, 0.1) is 0 Å². The molecule has 0 bridgehead atoms. The first kappa shape index (κ1) is 13.8. The molecule has 0 aliphatic carbocycles. The molecule has 3 aromatic rings. The van der Waals surface area contributed by atoms with Crippen LogP contribution in [0.5, 0.6) is 0 Å². The quantitative estimate of drug-likeness (QED) is 0.680. The fourth-order valence-electron chi connectivity index (χ4n) is 1.97. The molecular formula is C13H8Cl2N4O2. The summed E-state index contributed by atoms with van der Waals surface area (Å²) in [4.78, 5) is 22.9. The summed E-state index contributed by atoms with van der Waals surface area (Å²) in [5, 5.41) is 8.18. The van der Waals surface area contributed by atoms with Crippen LogP contribution < -0.4 is 0 Å². The highest BCUT2D eigenvalue weighted by molar-refractivity contribution is 6.67. The van der Waals surface area contributed by atoms with Crippen LogP contribution in [0.3, 0.4) is 0 Å². The van der Waals surface area contributed by atoms with Crippen LogP contribution in [-0.4, -0.2) is 30.5 Å². The van der Waals surface area contributed by atoms with Crippen molar-refractivity contribution in [2.75, 3.05) is 0 Å². The van der Waals surface area contributed by atoms with Gasteiger partial charge in [0.1, 0.15) is 5.69 Å². The molecule has 0 amide bonds. The lowest BCUT2D eigenvalue weighted by Gasteiger charge is -1.97. The molecule has 0 saturated carbocycles. The van der Waals surface area contributed by atoms with Crippen LogP contribution in [-0.2, 0) is 0 Å². The van der Waals surface area contributed by atoms with Crippen molar-refractivity contribution >= 4 is 40.0 Å². The lowest BCUT2D eigenvalue weighted by Crippen LogP contribution is -2.07. The maximum Gasteiger partial charge on any atom is 0.272 e. The fraction of sp³-hybridized carbons (Fsp3) is 0.0769. The van der Waals surface area contributed by atoms with Gasteiger partial charge >= 0.3 is 0 Å². The van der Waals surface area contributed by atoms with Crippen LogP contribution in [0.2, 0.25) is 5.02 Å². The molecule has 0 aliphatic rings. The highest BCUT2D eigenvalue weighted by Crippen LogP contribution is 2.22. The summed E-state index contributed by atoms with van der Waals surface area (Å²) in [6.07, 6.45) is 0. The van der Waals surface area contributed by atoms with E-state index in [4.69, 9.17) is 23.2 Å². The highest BCUT2D eigenvalue weighted by Gasteiger charge is 2.19. The molecule has 0 N–H and O–H groups in total. The largest absolute Gasteiger partial charge is 0.274 e. The molecule has 2 aromatic heterocycles. The Bertz CT molecular complexity index is 864. The summed E-state index contributed by atoms with van der Waals surface area (Å²) in [5.74, 6) is 0.120. The van der Waals surface area contributed by atoms with Crippen LogP contribution in [0.1, 0.15) is 22.2 Å². The topological polar surface area (TPSA) is 69.3 Å². The molecular weight excluding hydrogens is 315 g/mol. The second kappa shape index (κ2) is 4.98. The molecule has 0 aliphatic heterocycles. The Kier molecular flexibility index (Phi) is 3.27. The number of carbonyl (C=O) groups is 2. The van der Waals surface area contributed by atoms with Gasteiger partial charge in [-0.2, -0.15) is 14.3 Å².